The van der Waals surface area contributed by atoms with Crippen LogP contribution in [0.15, 0.2) is 16.7 Å². The molecule has 0 saturated carbocycles. The SMILES string of the molecule is CC(=O)Nc1ncc(Br)cc1Cl. The van der Waals surface area contributed by atoms with Crippen molar-refractivity contribution in [2.24, 2.45) is 0 Å². The van der Waals surface area contributed by atoms with Crippen molar-refractivity contribution in [3.8, 4) is 0 Å². The summed E-state index contributed by atoms with van der Waals surface area (Å²) in [5.41, 5.74) is 0. The fraction of sp³-hybridized carbons (Fsp3) is 0.143. The molecule has 0 bridgehead atoms. The van der Waals surface area contributed by atoms with Crippen molar-refractivity contribution in [3.05, 3.63) is 21.8 Å². The van der Waals surface area contributed by atoms with Gasteiger partial charge in [-0.15, -0.1) is 0 Å². The topological polar surface area (TPSA) is 42.0 Å². The summed E-state index contributed by atoms with van der Waals surface area (Å²) in [5, 5.41) is 2.91. The molecule has 0 radical (unpaired) electrons. The van der Waals surface area contributed by atoms with Crippen molar-refractivity contribution >= 4 is 39.3 Å². The van der Waals surface area contributed by atoms with Crippen molar-refractivity contribution in [1.82, 2.24) is 4.98 Å². The second kappa shape index (κ2) is 3.87. The maximum absolute atomic E-state index is 10.6. The first-order valence-corrected chi connectivity index (χ1v) is 4.35. The van der Waals surface area contributed by atoms with Crippen molar-refractivity contribution < 1.29 is 4.79 Å². The van der Waals surface area contributed by atoms with E-state index in [-0.39, 0.29) is 5.91 Å². The lowest BCUT2D eigenvalue weighted by Gasteiger charge is -2.02. The number of hydrogen-bond acceptors (Lipinski definition) is 2. The highest BCUT2D eigenvalue weighted by molar-refractivity contribution is 9.10. The van der Waals surface area contributed by atoms with Gasteiger partial charge < -0.3 is 5.32 Å². The summed E-state index contributed by atoms with van der Waals surface area (Å²) in [5.74, 6) is 0.194. The number of aromatic nitrogens is 1. The van der Waals surface area contributed by atoms with E-state index in [1.165, 1.54) is 6.92 Å². The highest BCUT2D eigenvalue weighted by Gasteiger charge is 2.02. The van der Waals surface area contributed by atoms with Crippen LogP contribution < -0.4 is 5.32 Å². The molecule has 0 aromatic carbocycles. The summed E-state index contributed by atoms with van der Waals surface area (Å²) >= 11 is 8.97. The van der Waals surface area contributed by atoms with Gasteiger partial charge in [-0.1, -0.05) is 11.6 Å². The molecule has 1 N–H and O–H groups in total. The van der Waals surface area contributed by atoms with Crippen LogP contribution in [0.3, 0.4) is 0 Å². The zero-order valence-corrected chi connectivity index (χ0v) is 8.61. The van der Waals surface area contributed by atoms with Crippen LogP contribution in [0.4, 0.5) is 5.82 Å². The molecule has 0 atom stereocenters. The second-order valence-electron chi connectivity index (χ2n) is 2.17. The molecule has 1 aromatic heterocycles. The van der Waals surface area contributed by atoms with Crippen LogP contribution in [0.25, 0.3) is 0 Å². The van der Waals surface area contributed by atoms with Gasteiger partial charge in [0.2, 0.25) is 5.91 Å². The van der Waals surface area contributed by atoms with E-state index < -0.39 is 0 Å². The van der Waals surface area contributed by atoms with Gasteiger partial charge in [-0.2, -0.15) is 0 Å². The molecule has 0 fully saturated rings. The number of nitrogens with zero attached hydrogens (tertiary/aromatic N) is 1. The van der Waals surface area contributed by atoms with Gasteiger partial charge in [0, 0.05) is 17.6 Å². The first-order valence-electron chi connectivity index (χ1n) is 3.18. The van der Waals surface area contributed by atoms with E-state index in [0.29, 0.717) is 10.8 Å². The van der Waals surface area contributed by atoms with Crippen LogP contribution in [0.5, 0.6) is 0 Å². The van der Waals surface area contributed by atoms with Crippen LogP contribution in [0.2, 0.25) is 5.02 Å². The average molecular weight is 249 g/mol. The largest absolute Gasteiger partial charge is 0.310 e. The Balaban J connectivity index is 2.93. The number of carbonyl (C=O) groups excluding carboxylic acids is 1. The fourth-order valence-corrected chi connectivity index (χ4v) is 1.35. The van der Waals surface area contributed by atoms with E-state index in [0.717, 1.165) is 4.47 Å². The molecule has 1 amide bonds. The molecule has 0 aliphatic rings. The molecule has 0 aliphatic carbocycles. The van der Waals surface area contributed by atoms with Gasteiger partial charge in [0.25, 0.3) is 0 Å². The summed E-state index contributed by atoms with van der Waals surface area (Å²) in [6, 6.07) is 1.67. The third-order valence-electron chi connectivity index (χ3n) is 1.10. The Labute approximate surface area is 83.3 Å². The summed E-state index contributed by atoms with van der Waals surface area (Å²) in [6.07, 6.45) is 1.57. The summed E-state index contributed by atoms with van der Waals surface area (Å²) < 4.78 is 0.779. The normalized spacial score (nSPS) is 9.58. The summed E-state index contributed by atoms with van der Waals surface area (Å²) in [4.78, 5) is 14.5. The van der Waals surface area contributed by atoms with Gasteiger partial charge in [-0.3, -0.25) is 4.79 Å². The van der Waals surface area contributed by atoms with Crippen LogP contribution in [0, 0.1) is 0 Å². The number of pyridine rings is 1. The minimum Gasteiger partial charge on any atom is -0.310 e. The Morgan fingerprint density at radius 2 is 2.42 bits per heavy atom. The Kier molecular flexibility index (Phi) is 3.05. The van der Waals surface area contributed by atoms with E-state index in [9.17, 15) is 4.79 Å². The van der Waals surface area contributed by atoms with Crippen LogP contribution in [-0.4, -0.2) is 10.9 Å². The number of anilines is 1. The summed E-state index contributed by atoms with van der Waals surface area (Å²) in [7, 11) is 0. The number of rotatable bonds is 1. The lowest BCUT2D eigenvalue weighted by atomic mass is 10.4. The van der Waals surface area contributed by atoms with Gasteiger partial charge in [0.05, 0.1) is 5.02 Å². The van der Waals surface area contributed by atoms with Gasteiger partial charge in [0.15, 0.2) is 5.82 Å². The highest BCUT2D eigenvalue weighted by atomic mass is 79.9. The third kappa shape index (κ3) is 2.46. The van der Waals surface area contributed by atoms with E-state index in [1.807, 2.05) is 0 Å². The van der Waals surface area contributed by atoms with Gasteiger partial charge in [-0.05, 0) is 22.0 Å². The average Bonchev–Trinajstić information content (AvgIpc) is 1.94. The maximum atomic E-state index is 10.6. The quantitative estimate of drug-likeness (QED) is 0.831. The van der Waals surface area contributed by atoms with E-state index in [2.05, 4.69) is 26.2 Å². The summed E-state index contributed by atoms with van der Waals surface area (Å²) in [6.45, 7) is 1.40. The number of nitrogens with one attached hydrogen (secondary N) is 1. The Bertz CT molecular complexity index is 316. The third-order valence-corrected chi connectivity index (χ3v) is 1.82. The smallest absolute Gasteiger partial charge is 0.222 e. The number of amides is 1. The van der Waals surface area contributed by atoms with Crippen molar-refractivity contribution in [1.29, 1.82) is 0 Å². The maximum Gasteiger partial charge on any atom is 0.222 e. The molecule has 1 rings (SSSR count). The minimum absolute atomic E-state index is 0.188. The molecule has 0 spiro atoms. The van der Waals surface area contributed by atoms with Gasteiger partial charge in [0.1, 0.15) is 0 Å². The minimum atomic E-state index is -0.188. The molecule has 0 saturated heterocycles. The molecule has 0 unspecified atom stereocenters. The molecule has 12 heavy (non-hydrogen) atoms. The predicted octanol–water partition coefficient (Wildman–Crippen LogP) is 2.46. The van der Waals surface area contributed by atoms with Crippen LogP contribution in [0.1, 0.15) is 6.92 Å². The number of hydrogen-bond donors (Lipinski definition) is 1. The number of halogens is 2. The van der Waals surface area contributed by atoms with E-state index in [4.69, 9.17) is 11.6 Å². The number of carbonyl (C=O) groups is 1. The standard InChI is InChI=1S/C7H6BrClN2O/c1-4(12)11-7-6(9)2-5(8)3-10-7/h2-3H,1H3,(H,10,11,12). The zero-order chi connectivity index (χ0) is 9.14. The fourth-order valence-electron chi connectivity index (χ4n) is 0.673. The highest BCUT2D eigenvalue weighted by Crippen LogP contribution is 2.22. The van der Waals surface area contributed by atoms with Crippen LogP contribution in [-0.2, 0) is 4.79 Å². The first-order chi connectivity index (χ1) is 5.59. The van der Waals surface area contributed by atoms with Crippen molar-refractivity contribution in [3.63, 3.8) is 0 Å². The molecule has 64 valence electrons. The van der Waals surface area contributed by atoms with Crippen molar-refractivity contribution in [2.45, 2.75) is 6.92 Å². The van der Waals surface area contributed by atoms with E-state index in [1.54, 1.807) is 12.3 Å². The second-order valence-corrected chi connectivity index (χ2v) is 3.49. The predicted molar refractivity (Wildman–Crippen MR) is 51.3 cm³/mol. The Morgan fingerprint density at radius 3 is 2.92 bits per heavy atom. The molecule has 0 aliphatic heterocycles. The molecule has 3 nitrogen and oxygen atoms in total. The lowest BCUT2D eigenvalue weighted by molar-refractivity contribution is -0.114. The molecular weight excluding hydrogens is 243 g/mol. The Hall–Kier alpha value is -0.610. The van der Waals surface area contributed by atoms with Crippen LogP contribution >= 0.6 is 27.5 Å². The van der Waals surface area contributed by atoms with Gasteiger partial charge in [-0.25, -0.2) is 4.98 Å². The van der Waals surface area contributed by atoms with Crippen molar-refractivity contribution in [2.75, 3.05) is 5.32 Å². The molecular formula is C7H6BrClN2O. The Morgan fingerprint density at radius 1 is 1.75 bits per heavy atom. The van der Waals surface area contributed by atoms with Gasteiger partial charge >= 0.3 is 0 Å². The molecule has 5 heteroatoms. The monoisotopic (exact) mass is 248 g/mol. The first kappa shape index (κ1) is 9.48. The lowest BCUT2D eigenvalue weighted by Crippen LogP contribution is -2.07. The molecule has 1 aromatic rings. The zero-order valence-electron chi connectivity index (χ0n) is 6.27. The van der Waals surface area contributed by atoms with E-state index >= 15 is 0 Å². The molecule has 1 heterocycles.